The van der Waals surface area contributed by atoms with Crippen molar-refractivity contribution in [3.63, 3.8) is 0 Å². The maximum Gasteiger partial charge on any atom is 0.224 e. The maximum absolute atomic E-state index is 12.3. The average molecular weight is 371 g/mol. The minimum Gasteiger partial charge on any atom is -0.496 e. The van der Waals surface area contributed by atoms with Crippen LogP contribution in [0.25, 0.3) is 16.7 Å². The molecular formula is C23H21N3O2. The molecule has 5 nitrogen and oxygen atoms in total. The highest BCUT2D eigenvalue weighted by atomic mass is 16.5. The molecule has 1 amide bonds. The number of hydrogen-bond donors (Lipinski definition) is 1. The summed E-state index contributed by atoms with van der Waals surface area (Å²) in [6.45, 7) is 0. The van der Waals surface area contributed by atoms with Gasteiger partial charge in [-0.1, -0.05) is 30.3 Å². The summed E-state index contributed by atoms with van der Waals surface area (Å²) < 4.78 is 7.37. The standard InChI is InChI=1S/C23H21N3O2/c1-28-22-9-5-2-6-17(22)10-15-23(27)25-18-11-13-19(14-12-18)26-16-24-20-7-3-4-8-21(20)26/h2-9,11-14,16H,10,15H2,1H3,(H,25,27). The van der Waals surface area contributed by atoms with Crippen LogP contribution in [0.2, 0.25) is 0 Å². The summed E-state index contributed by atoms with van der Waals surface area (Å²) in [6.07, 6.45) is 2.84. The molecule has 0 saturated carbocycles. The minimum atomic E-state index is -0.0215. The summed E-state index contributed by atoms with van der Waals surface area (Å²) in [6, 6.07) is 23.5. The number of ether oxygens (including phenoxy) is 1. The third-order valence-electron chi connectivity index (χ3n) is 4.70. The Labute approximate surface area is 163 Å². The number of hydrogen-bond acceptors (Lipinski definition) is 3. The molecule has 0 saturated heterocycles. The maximum atomic E-state index is 12.3. The number of benzene rings is 3. The lowest BCUT2D eigenvalue weighted by atomic mass is 10.1. The van der Waals surface area contributed by atoms with Crippen LogP contribution in [0.15, 0.2) is 79.1 Å². The Morgan fingerprint density at radius 2 is 1.75 bits per heavy atom. The second-order valence-electron chi connectivity index (χ2n) is 6.51. The highest BCUT2D eigenvalue weighted by molar-refractivity contribution is 5.91. The molecule has 1 heterocycles. The fraction of sp³-hybridized carbons (Fsp3) is 0.130. The first-order valence-corrected chi connectivity index (χ1v) is 9.19. The molecule has 0 spiro atoms. The number of carbonyl (C=O) groups excluding carboxylic acids is 1. The van der Waals surface area contributed by atoms with Crippen molar-refractivity contribution in [2.75, 3.05) is 12.4 Å². The van der Waals surface area contributed by atoms with Crippen LogP contribution >= 0.6 is 0 Å². The number of amides is 1. The van der Waals surface area contributed by atoms with Gasteiger partial charge >= 0.3 is 0 Å². The summed E-state index contributed by atoms with van der Waals surface area (Å²) in [7, 11) is 1.64. The van der Waals surface area contributed by atoms with E-state index in [2.05, 4.69) is 10.3 Å². The molecule has 0 aliphatic rings. The molecule has 0 bridgehead atoms. The van der Waals surface area contributed by atoms with Gasteiger partial charge < -0.3 is 10.1 Å². The van der Waals surface area contributed by atoms with Gasteiger partial charge in [0.25, 0.3) is 0 Å². The number of nitrogens with zero attached hydrogens (tertiary/aromatic N) is 2. The van der Waals surface area contributed by atoms with Gasteiger partial charge in [-0.25, -0.2) is 4.98 Å². The molecule has 0 fully saturated rings. The fourth-order valence-electron chi connectivity index (χ4n) is 3.25. The Morgan fingerprint density at radius 1 is 1.00 bits per heavy atom. The van der Waals surface area contributed by atoms with Crippen LogP contribution in [0.3, 0.4) is 0 Å². The SMILES string of the molecule is COc1ccccc1CCC(=O)Nc1ccc(-n2cnc3ccccc32)cc1. The number of carbonyl (C=O) groups is 1. The van der Waals surface area contributed by atoms with E-state index < -0.39 is 0 Å². The number of para-hydroxylation sites is 3. The van der Waals surface area contributed by atoms with Gasteiger partial charge in [0.05, 0.1) is 18.1 Å². The molecule has 1 aromatic heterocycles. The highest BCUT2D eigenvalue weighted by Crippen LogP contribution is 2.21. The smallest absolute Gasteiger partial charge is 0.224 e. The highest BCUT2D eigenvalue weighted by Gasteiger charge is 2.08. The second-order valence-corrected chi connectivity index (χ2v) is 6.51. The lowest BCUT2D eigenvalue weighted by molar-refractivity contribution is -0.116. The Morgan fingerprint density at radius 3 is 2.57 bits per heavy atom. The van der Waals surface area contributed by atoms with Gasteiger partial charge in [-0.15, -0.1) is 0 Å². The molecule has 4 rings (SSSR count). The molecule has 0 aliphatic heterocycles. The van der Waals surface area contributed by atoms with E-state index in [-0.39, 0.29) is 5.91 Å². The third kappa shape index (κ3) is 3.74. The molecule has 28 heavy (non-hydrogen) atoms. The minimum absolute atomic E-state index is 0.0215. The number of imidazole rings is 1. The largest absolute Gasteiger partial charge is 0.496 e. The molecule has 1 N–H and O–H groups in total. The van der Waals surface area contributed by atoms with Crippen molar-refractivity contribution in [1.29, 1.82) is 0 Å². The van der Waals surface area contributed by atoms with Gasteiger partial charge in [0, 0.05) is 17.8 Å². The van der Waals surface area contributed by atoms with E-state index >= 15 is 0 Å². The van der Waals surface area contributed by atoms with E-state index in [0.29, 0.717) is 12.8 Å². The molecule has 0 unspecified atom stereocenters. The van der Waals surface area contributed by atoms with Crippen LogP contribution < -0.4 is 10.1 Å². The van der Waals surface area contributed by atoms with Gasteiger partial charge in [0.2, 0.25) is 5.91 Å². The van der Waals surface area contributed by atoms with Gasteiger partial charge in [-0.3, -0.25) is 9.36 Å². The molecule has 0 aliphatic carbocycles. The normalized spacial score (nSPS) is 10.8. The van der Waals surface area contributed by atoms with Crippen molar-refractivity contribution in [3.05, 3.63) is 84.7 Å². The summed E-state index contributed by atoms with van der Waals surface area (Å²) in [5.74, 6) is 0.791. The summed E-state index contributed by atoms with van der Waals surface area (Å²) >= 11 is 0. The zero-order valence-corrected chi connectivity index (χ0v) is 15.6. The van der Waals surface area contributed by atoms with Crippen molar-refractivity contribution in [2.24, 2.45) is 0 Å². The Hall–Kier alpha value is -3.60. The van der Waals surface area contributed by atoms with E-state index in [4.69, 9.17) is 4.74 Å². The van der Waals surface area contributed by atoms with Crippen molar-refractivity contribution < 1.29 is 9.53 Å². The van der Waals surface area contributed by atoms with Crippen LogP contribution in [0.5, 0.6) is 5.75 Å². The first-order chi connectivity index (χ1) is 13.7. The van der Waals surface area contributed by atoms with Crippen LogP contribution in [-0.2, 0) is 11.2 Å². The number of methoxy groups -OCH3 is 1. The zero-order valence-electron chi connectivity index (χ0n) is 15.6. The van der Waals surface area contributed by atoms with E-state index in [0.717, 1.165) is 33.7 Å². The molecule has 4 aromatic rings. The molecule has 5 heteroatoms. The first-order valence-electron chi connectivity index (χ1n) is 9.19. The Bertz CT molecular complexity index is 1100. The van der Waals surface area contributed by atoms with E-state index in [1.165, 1.54) is 0 Å². The van der Waals surface area contributed by atoms with Gasteiger partial charge in [0.1, 0.15) is 12.1 Å². The number of rotatable bonds is 6. The van der Waals surface area contributed by atoms with Crippen molar-refractivity contribution in [2.45, 2.75) is 12.8 Å². The second kappa shape index (κ2) is 7.96. The quantitative estimate of drug-likeness (QED) is 0.539. The predicted octanol–water partition coefficient (Wildman–Crippen LogP) is 4.61. The van der Waals surface area contributed by atoms with Crippen molar-refractivity contribution >= 4 is 22.6 Å². The van der Waals surface area contributed by atoms with Crippen LogP contribution in [0, 0.1) is 0 Å². The average Bonchev–Trinajstić information content (AvgIpc) is 3.17. The Balaban J connectivity index is 1.41. The summed E-state index contributed by atoms with van der Waals surface area (Å²) in [5, 5.41) is 2.95. The number of fused-ring (bicyclic) bond motifs is 1. The van der Waals surface area contributed by atoms with Gasteiger partial charge in [0.15, 0.2) is 0 Å². The predicted molar refractivity (Wildman–Crippen MR) is 111 cm³/mol. The molecule has 140 valence electrons. The number of nitrogens with one attached hydrogen (secondary N) is 1. The first kappa shape index (κ1) is 17.8. The number of aromatic nitrogens is 2. The third-order valence-corrected chi connectivity index (χ3v) is 4.70. The lowest BCUT2D eigenvalue weighted by Gasteiger charge is -2.09. The van der Waals surface area contributed by atoms with Gasteiger partial charge in [-0.2, -0.15) is 0 Å². The zero-order chi connectivity index (χ0) is 19.3. The molecular weight excluding hydrogens is 350 g/mol. The van der Waals surface area contributed by atoms with Crippen molar-refractivity contribution in [1.82, 2.24) is 9.55 Å². The summed E-state index contributed by atoms with van der Waals surface area (Å²) in [5.41, 5.74) is 4.81. The lowest BCUT2D eigenvalue weighted by Crippen LogP contribution is -2.12. The molecule has 3 aromatic carbocycles. The monoisotopic (exact) mass is 371 g/mol. The van der Waals surface area contributed by atoms with Crippen molar-refractivity contribution in [3.8, 4) is 11.4 Å². The van der Waals surface area contributed by atoms with Gasteiger partial charge in [-0.05, 0) is 54.4 Å². The van der Waals surface area contributed by atoms with E-state index in [9.17, 15) is 4.79 Å². The molecule has 0 radical (unpaired) electrons. The van der Waals surface area contributed by atoms with Crippen LogP contribution in [0.1, 0.15) is 12.0 Å². The van der Waals surface area contributed by atoms with E-state index in [1.54, 1.807) is 7.11 Å². The summed E-state index contributed by atoms with van der Waals surface area (Å²) in [4.78, 5) is 16.7. The molecule has 0 atom stereocenters. The van der Waals surface area contributed by atoms with Crippen LogP contribution in [-0.4, -0.2) is 22.6 Å². The Kier molecular flexibility index (Phi) is 5.06. The number of anilines is 1. The topological polar surface area (TPSA) is 56.1 Å². The fourth-order valence-corrected chi connectivity index (χ4v) is 3.25. The van der Waals surface area contributed by atoms with Crippen LogP contribution in [0.4, 0.5) is 5.69 Å². The number of aryl methyl sites for hydroxylation is 1. The van der Waals surface area contributed by atoms with E-state index in [1.807, 2.05) is 83.7 Å².